The quantitative estimate of drug-likeness (QED) is 0.341. The van der Waals surface area contributed by atoms with Crippen LogP contribution in [0.25, 0.3) is 22.3 Å². The molecular weight excluding hydrogens is 360 g/mol. The zero-order chi connectivity index (χ0) is 20.1. The molecule has 0 spiro atoms. The van der Waals surface area contributed by atoms with Gasteiger partial charge in [-0.15, -0.1) is 0 Å². The monoisotopic (exact) mass is 374 g/mol. The largest absolute Gasteiger partial charge is 0.504 e. The summed E-state index contributed by atoms with van der Waals surface area (Å²) in [4.78, 5) is 30.9. The topological polar surface area (TPSA) is 165 Å². The van der Waals surface area contributed by atoms with E-state index in [1.165, 1.54) is 6.07 Å². The number of carboxylic acid groups (broad SMARTS) is 2. The van der Waals surface area contributed by atoms with Gasteiger partial charge in [-0.2, -0.15) is 0 Å². The van der Waals surface area contributed by atoms with E-state index < -0.39 is 41.0 Å². The maximum Gasteiger partial charge on any atom is 0.314 e. The van der Waals surface area contributed by atoms with Crippen molar-refractivity contribution in [3.63, 3.8) is 0 Å². The summed E-state index contributed by atoms with van der Waals surface area (Å²) in [6, 6.07) is 11.3. The zero-order valence-corrected chi connectivity index (χ0v) is 13.6. The van der Waals surface area contributed by atoms with Gasteiger partial charge >= 0.3 is 11.9 Å². The van der Waals surface area contributed by atoms with Crippen molar-refractivity contribution in [3.8, 4) is 28.6 Å². The highest BCUT2D eigenvalue weighted by atomic mass is 16.4. The summed E-state index contributed by atoms with van der Waals surface area (Å²) in [5.74, 6) is -4.29. The third kappa shape index (κ3) is 4.54. The van der Waals surface area contributed by atoms with Crippen LogP contribution < -0.4 is 5.43 Å². The molecule has 0 radical (unpaired) electrons. The van der Waals surface area contributed by atoms with E-state index >= 15 is 0 Å². The molecule has 140 valence electrons. The van der Waals surface area contributed by atoms with E-state index in [-0.39, 0.29) is 11.0 Å². The molecule has 0 amide bonds. The molecular formula is C18H14O9. The fourth-order valence-electron chi connectivity index (χ4n) is 2.15. The molecule has 0 unspecified atom stereocenters. The van der Waals surface area contributed by atoms with E-state index in [9.17, 15) is 29.7 Å². The molecule has 0 bridgehead atoms. The summed E-state index contributed by atoms with van der Waals surface area (Å²) >= 11 is 0. The second-order valence-electron chi connectivity index (χ2n) is 5.27. The van der Waals surface area contributed by atoms with Crippen LogP contribution in [-0.4, -0.2) is 37.5 Å². The normalized spacial score (nSPS) is 10.1. The van der Waals surface area contributed by atoms with Gasteiger partial charge in [0.15, 0.2) is 16.9 Å². The van der Waals surface area contributed by atoms with Crippen LogP contribution in [0.3, 0.4) is 0 Å². The third-order valence-corrected chi connectivity index (χ3v) is 3.31. The smallest absolute Gasteiger partial charge is 0.314 e. The maximum atomic E-state index is 12.0. The SMILES string of the molecule is O=C(O)CC(=O)O.O=c1cc(-c2ccccc2)oc2cc(O)c(O)c(O)c12. The van der Waals surface area contributed by atoms with E-state index in [1.54, 1.807) is 24.3 Å². The molecule has 0 saturated heterocycles. The number of phenolic OH excluding ortho intramolecular Hbond substituents is 3. The molecule has 1 heterocycles. The number of hydrogen-bond donors (Lipinski definition) is 5. The summed E-state index contributed by atoms with van der Waals surface area (Å²) in [6.07, 6.45) is -0.806. The molecule has 5 N–H and O–H groups in total. The molecule has 27 heavy (non-hydrogen) atoms. The van der Waals surface area contributed by atoms with Crippen LogP contribution in [0.15, 0.2) is 51.7 Å². The molecule has 0 aliphatic rings. The molecule has 0 fully saturated rings. The number of aliphatic carboxylic acids is 2. The van der Waals surface area contributed by atoms with Gasteiger partial charge in [-0.1, -0.05) is 30.3 Å². The summed E-state index contributed by atoms with van der Waals surface area (Å²) in [5.41, 5.74) is 0.195. The molecule has 0 aliphatic heterocycles. The predicted molar refractivity (Wildman–Crippen MR) is 92.8 cm³/mol. The summed E-state index contributed by atoms with van der Waals surface area (Å²) < 4.78 is 5.51. The third-order valence-electron chi connectivity index (χ3n) is 3.31. The summed E-state index contributed by atoms with van der Waals surface area (Å²) in [5, 5.41) is 43.9. The Bertz CT molecular complexity index is 1040. The number of fused-ring (bicyclic) bond motifs is 1. The van der Waals surface area contributed by atoms with Crippen LogP contribution >= 0.6 is 0 Å². The van der Waals surface area contributed by atoms with Crippen LogP contribution in [0.1, 0.15) is 6.42 Å². The lowest BCUT2D eigenvalue weighted by Gasteiger charge is -2.06. The van der Waals surface area contributed by atoms with Crippen LogP contribution in [0.2, 0.25) is 0 Å². The standard InChI is InChI=1S/C15H10O5.C3H4O4/c16-9-6-11(8-4-2-1-3-5-8)20-12-7-10(17)14(18)15(19)13(9)12;4-2(5)1-3(6)7/h1-7,17-19H;1H2,(H,4,5)(H,6,7). The van der Waals surface area contributed by atoms with Crippen LogP contribution in [0, 0.1) is 0 Å². The van der Waals surface area contributed by atoms with Crippen molar-refractivity contribution < 1.29 is 39.5 Å². The Hall–Kier alpha value is -4.01. The first-order valence-corrected chi connectivity index (χ1v) is 7.41. The highest BCUT2D eigenvalue weighted by Gasteiger charge is 2.17. The number of hydrogen-bond acceptors (Lipinski definition) is 7. The first-order chi connectivity index (χ1) is 12.7. The fourth-order valence-corrected chi connectivity index (χ4v) is 2.15. The average Bonchev–Trinajstić information content (AvgIpc) is 2.59. The second-order valence-corrected chi connectivity index (χ2v) is 5.27. The van der Waals surface area contributed by atoms with Crippen molar-refractivity contribution in [3.05, 3.63) is 52.7 Å². The number of rotatable bonds is 3. The Morgan fingerprint density at radius 3 is 2.00 bits per heavy atom. The van der Waals surface area contributed by atoms with Gasteiger partial charge in [0.2, 0.25) is 5.75 Å². The Balaban J connectivity index is 0.000000321. The van der Waals surface area contributed by atoms with Crippen molar-refractivity contribution in [2.24, 2.45) is 0 Å². The van der Waals surface area contributed by atoms with E-state index in [4.69, 9.17) is 14.6 Å². The fraction of sp³-hybridized carbons (Fsp3) is 0.0556. The molecule has 9 heteroatoms. The number of benzene rings is 2. The maximum absolute atomic E-state index is 12.0. The lowest BCUT2D eigenvalue weighted by Crippen LogP contribution is -2.03. The Labute approximate surface area is 151 Å². The van der Waals surface area contributed by atoms with Gasteiger partial charge in [-0.3, -0.25) is 14.4 Å². The minimum Gasteiger partial charge on any atom is -0.504 e. The second kappa shape index (κ2) is 7.91. The van der Waals surface area contributed by atoms with E-state index in [0.29, 0.717) is 11.3 Å². The van der Waals surface area contributed by atoms with E-state index in [2.05, 4.69) is 0 Å². The average molecular weight is 374 g/mol. The first kappa shape index (κ1) is 19.3. The summed E-state index contributed by atoms with van der Waals surface area (Å²) in [7, 11) is 0. The predicted octanol–water partition coefficient (Wildman–Crippen LogP) is 2.12. The molecule has 0 atom stereocenters. The van der Waals surface area contributed by atoms with Gasteiger partial charge in [0.1, 0.15) is 23.2 Å². The lowest BCUT2D eigenvalue weighted by atomic mass is 10.1. The molecule has 1 aromatic heterocycles. The van der Waals surface area contributed by atoms with Crippen molar-refractivity contribution in [1.29, 1.82) is 0 Å². The van der Waals surface area contributed by atoms with E-state index in [1.807, 2.05) is 6.07 Å². The Kier molecular flexibility index (Phi) is 5.66. The Morgan fingerprint density at radius 2 is 1.48 bits per heavy atom. The summed E-state index contributed by atoms with van der Waals surface area (Å²) in [6.45, 7) is 0. The molecule has 0 saturated carbocycles. The number of aromatic hydroxyl groups is 3. The lowest BCUT2D eigenvalue weighted by molar-refractivity contribution is -0.147. The van der Waals surface area contributed by atoms with Crippen molar-refractivity contribution in [2.45, 2.75) is 6.42 Å². The van der Waals surface area contributed by atoms with Gasteiger partial charge in [0, 0.05) is 17.7 Å². The number of phenols is 3. The van der Waals surface area contributed by atoms with Gasteiger partial charge in [-0.05, 0) is 0 Å². The van der Waals surface area contributed by atoms with Gasteiger partial charge in [0.05, 0.1) is 0 Å². The molecule has 9 nitrogen and oxygen atoms in total. The number of carbonyl (C=O) groups is 2. The van der Waals surface area contributed by atoms with Gasteiger partial charge in [-0.25, -0.2) is 0 Å². The molecule has 2 aromatic carbocycles. The Morgan fingerprint density at radius 1 is 0.889 bits per heavy atom. The van der Waals surface area contributed by atoms with Gasteiger partial charge in [0.25, 0.3) is 0 Å². The molecule has 3 rings (SSSR count). The minimum atomic E-state index is -1.31. The minimum absolute atomic E-state index is 0.00385. The number of carboxylic acids is 2. The molecule has 0 aliphatic carbocycles. The van der Waals surface area contributed by atoms with Crippen molar-refractivity contribution in [1.82, 2.24) is 0 Å². The van der Waals surface area contributed by atoms with Crippen LogP contribution in [-0.2, 0) is 9.59 Å². The first-order valence-electron chi connectivity index (χ1n) is 7.41. The highest BCUT2D eigenvalue weighted by Crippen LogP contribution is 2.40. The molecule has 3 aromatic rings. The van der Waals surface area contributed by atoms with E-state index in [0.717, 1.165) is 6.07 Å². The van der Waals surface area contributed by atoms with Gasteiger partial charge < -0.3 is 29.9 Å². The van der Waals surface area contributed by atoms with Crippen molar-refractivity contribution in [2.75, 3.05) is 0 Å². The van der Waals surface area contributed by atoms with Crippen LogP contribution in [0.4, 0.5) is 0 Å². The van der Waals surface area contributed by atoms with Crippen LogP contribution in [0.5, 0.6) is 17.2 Å². The zero-order valence-electron chi connectivity index (χ0n) is 13.6. The van der Waals surface area contributed by atoms with Crippen molar-refractivity contribution >= 4 is 22.9 Å². The highest BCUT2D eigenvalue weighted by molar-refractivity contribution is 5.89.